The molecule has 0 atom stereocenters. The molecule has 0 saturated carbocycles. The van der Waals surface area contributed by atoms with Crippen LogP contribution in [0.15, 0.2) is 42.5 Å². The molecular weight excluding hydrogens is 250 g/mol. The van der Waals surface area contributed by atoms with Crippen LogP contribution in [0.3, 0.4) is 0 Å². The maximum atomic E-state index is 12.5. The van der Waals surface area contributed by atoms with Crippen LogP contribution >= 0.6 is 0 Å². The van der Waals surface area contributed by atoms with E-state index in [-0.39, 0.29) is 5.91 Å². The normalized spacial score (nSPS) is 9.85. The van der Waals surface area contributed by atoms with Crippen LogP contribution in [0, 0.1) is 18.3 Å². The van der Waals surface area contributed by atoms with Crippen molar-refractivity contribution >= 4 is 17.3 Å². The Morgan fingerprint density at radius 1 is 1.25 bits per heavy atom. The predicted molar refractivity (Wildman–Crippen MR) is 79.5 cm³/mol. The zero-order valence-corrected chi connectivity index (χ0v) is 11.4. The van der Waals surface area contributed by atoms with E-state index < -0.39 is 0 Å². The van der Waals surface area contributed by atoms with Crippen LogP contribution in [0.5, 0.6) is 0 Å². The number of nitrogens with zero attached hydrogens (tertiary/aromatic N) is 2. The van der Waals surface area contributed by atoms with E-state index >= 15 is 0 Å². The summed E-state index contributed by atoms with van der Waals surface area (Å²) in [5, 5.41) is 8.91. The van der Waals surface area contributed by atoms with Gasteiger partial charge in [-0.3, -0.25) is 4.79 Å². The summed E-state index contributed by atoms with van der Waals surface area (Å²) in [6.07, 6.45) is 0. The van der Waals surface area contributed by atoms with Crippen LogP contribution < -0.4 is 10.6 Å². The maximum absolute atomic E-state index is 12.5. The average molecular weight is 265 g/mol. The van der Waals surface area contributed by atoms with Crippen molar-refractivity contribution in [3.63, 3.8) is 0 Å². The van der Waals surface area contributed by atoms with Gasteiger partial charge < -0.3 is 10.6 Å². The number of anilines is 2. The summed E-state index contributed by atoms with van der Waals surface area (Å²) in [7, 11) is 1.68. The zero-order valence-electron chi connectivity index (χ0n) is 11.4. The smallest absolute Gasteiger partial charge is 0.258 e. The number of nitrogens with two attached hydrogens (primary N) is 1. The first-order valence-corrected chi connectivity index (χ1v) is 6.18. The molecule has 1 amide bonds. The van der Waals surface area contributed by atoms with Gasteiger partial charge in [-0.05, 0) is 42.8 Å². The molecule has 0 aliphatic carbocycles. The second-order valence-electron chi connectivity index (χ2n) is 4.55. The van der Waals surface area contributed by atoms with Gasteiger partial charge in [0.05, 0.1) is 11.6 Å². The highest BCUT2D eigenvalue weighted by molar-refractivity contribution is 6.07. The van der Waals surface area contributed by atoms with Gasteiger partial charge >= 0.3 is 0 Å². The molecule has 0 fully saturated rings. The fourth-order valence-electron chi connectivity index (χ4n) is 1.97. The molecule has 2 aromatic rings. The Bertz CT molecular complexity index is 701. The molecule has 4 heteroatoms. The number of carbonyl (C=O) groups is 1. The lowest BCUT2D eigenvalue weighted by atomic mass is 10.1. The number of nitrogen functional groups attached to an aromatic ring is 1. The quantitative estimate of drug-likeness (QED) is 0.849. The van der Waals surface area contributed by atoms with E-state index in [9.17, 15) is 4.79 Å². The number of benzene rings is 2. The van der Waals surface area contributed by atoms with E-state index in [1.54, 1.807) is 49.5 Å². The van der Waals surface area contributed by atoms with Crippen molar-refractivity contribution in [1.82, 2.24) is 0 Å². The van der Waals surface area contributed by atoms with Crippen LogP contribution in [-0.4, -0.2) is 13.0 Å². The molecule has 0 aliphatic heterocycles. The van der Waals surface area contributed by atoms with Crippen LogP contribution in [0.1, 0.15) is 21.5 Å². The summed E-state index contributed by atoms with van der Waals surface area (Å²) in [5.41, 5.74) is 8.95. The van der Waals surface area contributed by atoms with Gasteiger partial charge in [-0.25, -0.2) is 0 Å². The number of hydrogen-bond acceptors (Lipinski definition) is 3. The summed E-state index contributed by atoms with van der Waals surface area (Å²) in [4.78, 5) is 14.0. The molecule has 20 heavy (non-hydrogen) atoms. The van der Waals surface area contributed by atoms with Gasteiger partial charge in [0, 0.05) is 24.0 Å². The predicted octanol–water partition coefficient (Wildman–Crippen LogP) is 2.73. The van der Waals surface area contributed by atoms with Gasteiger partial charge in [-0.15, -0.1) is 0 Å². The van der Waals surface area contributed by atoms with Crippen molar-refractivity contribution < 1.29 is 4.79 Å². The van der Waals surface area contributed by atoms with E-state index in [0.717, 1.165) is 5.56 Å². The third-order valence-electron chi connectivity index (χ3n) is 3.27. The highest BCUT2D eigenvalue weighted by Crippen LogP contribution is 2.21. The lowest BCUT2D eigenvalue weighted by Gasteiger charge is -2.19. The number of rotatable bonds is 2. The van der Waals surface area contributed by atoms with E-state index in [4.69, 9.17) is 11.0 Å². The molecule has 100 valence electrons. The van der Waals surface area contributed by atoms with Gasteiger partial charge in [-0.1, -0.05) is 12.1 Å². The molecule has 0 aromatic heterocycles. The van der Waals surface area contributed by atoms with Crippen LogP contribution in [-0.2, 0) is 0 Å². The van der Waals surface area contributed by atoms with E-state index in [0.29, 0.717) is 22.5 Å². The Kier molecular flexibility index (Phi) is 3.72. The van der Waals surface area contributed by atoms with Crippen molar-refractivity contribution in [3.8, 4) is 6.07 Å². The summed E-state index contributed by atoms with van der Waals surface area (Å²) < 4.78 is 0. The second-order valence-corrected chi connectivity index (χ2v) is 4.55. The lowest BCUT2D eigenvalue weighted by Crippen LogP contribution is -2.27. The number of nitriles is 1. The topological polar surface area (TPSA) is 70.1 Å². The molecule has 0 aliphatic rings. The third-order valence-corrected chi connectivity index (χ3v) is 3.27. The number of hydrogen-bond donors (Lipinski definition) is 1. The van der Waals surface area contributed by atoms with Gasteiger partial charge in [0.15, 0.2) is 0 Å². The zero-order chi connectivity index (χ0) is 14.7. The Labute approximate surface area is 118 Å². The van der Waals surface area contributed by atoms with Crippen molar-refractivity contribution in [1.29, 1.82) is 5.26 Å². The van der Waals surface area contributed by atoms with Crippen molar-refractivity contribution in [2.45, 2.75) is 6.92 Å². The summed E-state index contributed by atoms with van der Waals surface area (Å²) in [6, 6.07) is 14.3. The van der Waals surface area contributed by atoms with Crippen molar-refractivity contribution in [3.05, 3.63) is 59.2 Å². The Morgan fingerprint density at radius 2 is 1.95 bits per heavy atom. The highest BCUT2D eigenvalue weighted by atomic mass is 16.2. The van der Waals surface area contributed by atoms with Gasteiger partial charge in [0.25, 0.3) is 5.91 Å². The lowest BCUT2D eigenvalue weighted by molar-refractivity contribution is 0.0992. The van der Waals surface area contributed by atoms with Crippen molar-refractivity contribution in [2.75, 3.05) is 17.7 Å². The molecule has 0 bridgehead atoms. The summed E-state index contributed by atoms with van der Waals surface area (Å²) in [5.74, 6) is -0.148. The number of carbonyl (C=O) groups excluding carboxylic acids is 1. The minimum Gasteiger partial charge on any atom is -0.398 e. The molecular formula is C16H15N3O. The van der Waals surface area contributed by atoms with Gasteiger partial charge in [-0.2, -0.15) is 5.26 Å². The average Bonchev–Trinajstić information content (AvgIpc) is 2.48. The molecule has 4 nitrogen and oxygen atoms in total. The Hall–Kier alpha value is -2.80. The third kappa shape index (κ3) is 2.47. The number of amides is 1. The molecule has 0 unspecified atom stereocenters. The minimum absolute atomic E-state index is 0.148. The van der Waals surface area contributed by atoms with Crippen molar-refractivity contribution in [2.24, 2.45) is 0 Å². The first kappa shape index (κ1) is 13.6. The largest absolute Gasteiger partial charge is 0.398 e. The van der Waals surface area contributed by atoms with Crippen LogP contribution in [0.2, 0.25) is 0 Å². The molecule has 0 radical (unpaired) electrons. The van der Waals surface area contributed by atoms with Crippen LogP contribution in [0.4, 0.5) is 11.4 Å². The fraction of sp³-hybridized carbons (Fsp3) is 0.125. The van der Waals surface area contributed by atoms with Gasteiger partial charge in [0.2, 0.25) is 0 Å². The molecule has 0 heterocycles. The molecule has 0 spiro atoms. The minimum atomic E-state index is -0.148. The monoisotopic (exact) mass is 265 g/mol. The van der Waals surface area contributed by atoms with Crippen LogP contribution in [0.25, 0.3) is 0 Å². The summed E-state index contributed by atoms with van der Waals surface area (Å²) in [6.45, 7) is 1.82. The maximum Gasteiger partial charge on any atom is 0.258 e. The molecule has 2 N–H and O–H groups in total. The van der Waals surface area contributed by atoms with E-state index in [2.05, 4.69) is 6.07 Å². The molecule has 2 aromatic carbocycles. The van der Waals surface area contributed by atoms with E-state index in [1.165, 1.54) is 4.90 Å². The van der Waals surface area contributed by atoms with E-state index in [1.807, 2.05) is 6.92 Å². The Balaban J connectivity index is 2.38. The highest BCUT2D eigenvalue weighted by Gasteiger charge is 2.16. The fourth-order valence-corrected chi connectivity index (χ4v) is 1.97. The molecule has 0 saturated heterocycles. The molecule has 2 rings (SSSR count). The summed E-state index contributed by atoms with van der Waals surface area (Å²) >= 11 is 0. The first-order valence-electron chi connectivity index (χ1n) is 6.18. The van der Waals surface area contributed by atoms with Gasteiger partial charge in [0.1, 0.15) is 0 Å². The Morgan fingerprint density at radius 3 is 2.65 bits per heavy atom. The SMILES string of the molecule is Cc1c(N)cccc1C(=O)N(C)c1cccc(C#N)c1. The second kappa shape index (κ2) is 5.45. The first-order chi connectivity index (χ1) is 9.54. The standard InChI is InChI=1S/C16H15N3O/c1-11-14(7-4-8-15(11)18)16(20)19(2)13-6-3-5-12(9-13)10-17/h3-9H,18H2,1-2H3.